The number of anilines is 2. The molecule has 0 saturated heterocycles. The zero-order chi connectivity index (χ0) is 15.4. The van der Waals surface area contributed by atoms with Crippen molar-refractivity contribution in [1.82, 2.24) is 4.98 Å². The molecule has 2 rings (SSSR count). The van der Waals surface area contributed by atoms with Crippen LogP contribution in [0.2, 0.25) is 0 Å². The Bertz CT molecular complexity index is 707. The highest BCUT2D eigenvalue weighted by Crippen LogP contribution is 2.24. The molecule has 0 aliphatic carbocycles. The van der Waals surface area contributed by atoms with Crippen LogP contribution in [0.4, 0.5) is 21.5 Å². The van der Waals surface area contributed by atoms with Crippen molar-refractivity contribution in [3.05, 3.63) is 58.2 Å². The number of hydrogen-bond donors (Lipinski definition) is 3. The van der Waals surface area contributed by atoms with Gasteiger partial charge in [0.1, 0.15) is 5.56 Å². The summed E-state index contributed by atoms with van der Waals surface area (Å²) in [4.78, 5) is 25.9. The predicted molar refractivity (Wildman–Crippen MR) is 73.1 cm³/mol. The maximum absolute atomic E-state index is 13.4. The van der Waals surface area contributed by atoms with Gasteiger partial charge in [0.25, 0.3) is 11.6 Å². The van der Waals surface area contributed by atoms with Gasteiger partial charge in [-0.3, -0.25) is 25.7 Å². The van der Waals surface area contributed by atoms with Crippen molar-refractivity contribution in [3.63, 3.8) is 0 Å². The van der Waals surface area contributed by atoms with Gasteiger partial charge in [0, 0.05) is 18.0 Å². The Kier molecular flexibility index (Phi) is 4.05. The number of amides is 1. The Balaban J connectivity index is 2.38. The molecule has 1 aromatic carbocycles. The average Bonchev–Trinajstić information content (AvgIpc) is 2.48. The molecule has 2 aromatic rings. The van der Waals surface area contributed by atoms with Gasteiger partial charge in [0.15, 0.2) is 5.82 Å². The van der Waals surface area contributed by atoms with Gasteiger partial charge >= 0.3 is 0 Å². The van der Waals surface area contributed by atoms with Gasteiger partial charge in [-0.05, 0) is 18.2 Å². The largest absolute Gasteiger partial charge is 0.324 e. The van der Waals surface area contributed by atoms with E-state index in [-0.39, 0.29) is 11.3 Å². The van der Waals surface area contributed by atoms with Gasteiger partial charge in [0.05, 0.1) is 16.8 Å². The number of hydrogen-bond acceptors (Lipinski definition) is 6. The average molecular weight is 291 g/mol. The summed E-state index contributed by atoms with van der Waals surface area (Å²) in [5, 5.41) is 13.2. The standard InChI is InChI=1S/C12H10FN5O3/c13-9-6-15-4-3-10(9)16-12(19)8-5-7(17-14)1-2-11(8)18(20)21/h1-6,17H,14H2,(H,15,16,19). The smallest absolute Gasteiger partial charge is 0.282 e. The molecule has 21 heavy (non-hydrogen) atoms. The van der Waals surface area contributed by atoms with Gasteiger partial charge in [-0.1, -0.05) is 0 Å². The first-order valence-electron chi connectivity index (χ1n) is 5.69. The lowest BCUT2D eigenvalue weighted by Crippen LogP contribution is -2.16. The molecule has 0 atom stereocenters. The first kappa shape index (κ1) is 14.3. The van der Waals surface area contributed by atoms with Crippen LogP contribution in [0.15, 0.2) is 36.7 Å². The van der Waals surface area contributed by atoms with Gasteiger partial charge in [0.2, 0.25) is 0 Å². The number of hydrazine groups is 1. The van der Waals surface area contributed by atoms with E-state index < -0.39 is 22.3 Å². The number of benzene rings is 1. The number of nitro groups is 1. The summed E-state index contributed by atoms with van der Waals surface area (Å²) in [5.41, 5.74) is 1.79. The quantitative estimate of drug-likeness (QED) is 0.447. The molecular formula is C12H10FN5O3. The Hall–Kier alpha value is -3.07. The van der Waals surface area contributed by atoms with Gasteiger partial charge in [-0.25, -0.2) is 4.39 Å². The van der Waals surface area contributed by atoms with E-state index in [1.807, 2.05) is 0 Å². The van der Waals surface area contributed by atoms with Crippen LogP contribution in [0.3, 0.4) is 0 Å². The van der Waals surface area contributed by atoms with Crippen molar-refractivity contribution in [2.75, 3.05) is 10.7 Å². The minimum atomic E-state index is -0.830. The molecule has 0 bridgehead atoms. The van der Waals surface area contributed by atoms with Crippen LogP contribution < -0.4 is 16.6 Å². The van der Waals surface area contributed by atoms with Gasteiger partial charge < -0.3 is 10.7 Å². The van der Waals surface area contributed by atoms with E-state index >= 15 is 0 Å². The third-order valence-corrected chi connectivity index (χ3v) is 2.63. The van der Waals surface area contributed by atoms with Crippen molar-refractivity contribution in [3.8, 4) is 0 Å². The zero-order valence-electron chi connectivity index (χ0n) is 10.5. The number of nitrogens with two attached hydrogens (primary N) is 1. The third-order valence-electron chi connectivity index (χ3n) is 2.63. The second kappa shape index (κ2) is 5.92. The number of carbonyl (C=O) groups is 1. The molecule has 0 saturated carbocycles. The number of nitro benzene ring substituents is 1. The second-order valence-electron chi connectivity index (χ2n) is 3.94. The van der Waals surface area contributed by atoms with E-state index in [1.54, 1.807) is 0 Å². The van der Waals surface area contributed by atoms with E-state index in [2.05, 4.69) is 15.7 Å². The summed E-state index contributed by atoms with van der Waals surface area (Å²) in [6.45, 7) is 0. The number of rotatable bonds is 4. The Labute approximate surface area is 117 Å². The molecule has 0 spiro atoms. The maximum Gasteiger partial charge on any atom is 0.282 e. The number of nitrogen functional groups attached to an aromatic ring is 1. The Morgan fingerprint density at radius 2 is 2.14 bits per heavy atom. The molecule has 1 heterocycles. The topological polar surface area (TPSA) is 123 Å². The van der Waals surface area contributed by atoms with Gasteiger partial charge in [-0.15, -0.1) is 0 Å². The van der Waals surface area contributed by atoms with Crippen LogP contribution in [0.25, 0.3) is 0 Å². The summed E-state index contributed by atoms with van der Waals surface area (Å²) < 4.78 is 13.4. The molecule has 8 nitrogen and oxygen atoms in total. The van der Waals surface area contributed by atoms with E-state index in [4.69, 9.17) is 5.84 Å². The van der Waals surface area contributed by atoms with Crippen LogP contribution in [0.1, 0.15) is 10.4 Å². The number of nitrogens with one attached hydrogen (secondary N) is 2. The molecular weight excluding hydrogens is 281 g/mol. The lowest BCUT2D eigenvalue weighted by molar-refractivity contribution is -0.385. The van der Waals surface area contributed by atoms with E-state index in [0.29, 0.717) is 5.69 Å². The highest BCUT2D eigenvalue weighted by atomic mass is 19.1. The highest BCUT2D eigenvalue weighted by molar-refractivity contribution is 6.07. The van der Waals surface area contributed by atoms with Crippen LogP contribution >= 0.6 is 0 Å². The maximum atomic E-state index is 13.4. The van der Waals surface area contributed by atoms with Crippen LogP contribution in [-0.4, -0.2) is 15.8 Å². The fourth-order valence-electron chi connectivity index (χ4n) is 1.63. The first-order chi connectivity index (χ1) is 10.0. The van der Waals surface area contributed by atoms with Crippen molar-refractivity contribution >= 4 is 23.0 Å². The molecule has 9 heteroatoms. The summed E-state index contributed by atoms with van der Waals surface area (Å²) in [5.74, 6) is 3.62. The lowest BCUT2D eigenvalue weighted by Gasteiger charge is -2.08. The zero-order valence-corrected chi connectivity index (χ0v) is 10.5. The molecule has 0 radical (unpaired) electrons. The Morgan fingerprint density at radius 1 is 1.38 bits per heavy atom. The monoisotopic (exact) mass is 291 g/mol. The molecule has 0 aliphatic heterocycles. The molecule has 1 amide bonds. The minimum absolute atomic E-state index is 0.129. The summed E-state index contributed by atoms with van der Waals surface area (Å²) >= 11 is 0. The van der Waals surface area contributed by atoms with Gasteiger partial charge in [-0.2, -0.15) is 0 Å². The number of carbonyl (C=O) groups excluding carboxylic acids is 1. The van der Waals surface area contributed by atoms with E-state index in [0.717, 1.165) is 12.3 Å². The molecule has 0 fully saturated rings. The first-order valence-corrected chi connectivity index (χ1v) is 5.69. The molecule has 4 N–H and O–H groups in total. The van der Waals surface area contributed by atoms with E-state index in [1.165, 1.54) is 24.4 Å². The molecule has 0 unspecified atom stereocenters. The fourth-order valence-corrected chi connectivity index (χ4v) is 1.63. The SMILES string of the molecule is NNc1ccc([N+](=O)[O-])c(C(=O)Nc2ccncc2F)c1. The lowest BCUT2D eigenvalue weighted by atomic mass is 10.1. The number of halogens is 1. The normalized spacial score (nSPS) is 10.0. The Morgan fingerprint density at radius 3 is 2.76 bits per heavy atom. The van der Waals surface area contributed by atoms with E-state index in [9.17, 15) is 19.3 Å². The molecule has 0 aliphatic rings. The number of nitrogens with zero attached hydrogens (tertiary/aromatic N) is 2. The summed E-state index contributed by atoms with van der Waals surface area (Å²) in [6.07, 6.45) is 2.20. The van der Waals surface area contributed by atoms with Crippen LogP contribution in [0, 0.1) is 15.9 Å². The molecule has 1 aromatic heterocycles. The van der Waals surface area contributed by atoms with Crippen molar-refractivity contribution in [2.45, 2.75) is 0 Å². The van der Waals surface area contributed by atoms with Crippen LogP contribution in [0.5, 0.6) is 0 Å². The minimum Gasteiger partial charge on any atom is -0.324 e. The van der Waals surface area contributed by atoms with Crippen molar-refractivity contribution < 1.29 is 14.1 Å². The number of pyridine rings is 1. The molecule has 108 valence electrons. The predicted octanol–water partition coefficient (Wildman–Crippen LogP) is 1.67. The number of aromatic nitrogens is 1. The van der Waals surface area contributed by atoms with Crippen molar-refractivity contribution in [1.29, 1.82) is 0 Å². The van der Waals surface area contributed by atoms with Crippen molar-refractivity contribution in [2.24, 2.45) is 5.84 Å². The third kappa shape index (κ3) is 3.09. The summed E-state index contributed by atoms with van der Waals surface area (Å²) in [6, 6.07) is 4.92. The van der Waals surface area contributed by atoms with Crippen LogP contribution in [-0.2, 0) is 0 Å². The second-order valence-corrected chi connectivity index (χ2v) is 3.94. The fraction of sp³-hybridized carbons (Fsp3) is 0. The highest BCUT2D eigenvalue weighted by Gasteiger charge is 2.21. The summed E-state index contributed by atoms with van der Waals surface area (Å²) in [7, 11) is 0.